The van der Waals surface area contributed by atoms with Crippen LogP contribution in [0.2, 0.25) is 0 Å². The van der Waals surface area contributed by atoms with Gasteiger partial charge in [-0.1, -0.05) is 0 Å². The van der Waals surface area contributed by atoms with E-state index in [0.29, 0.717) is 11.4 Å². The number of ether oxygens (including phenoxy) is 1. The monoisotopic (exact) mass is 166 g/mol. The summed E-state index contributed by atoms with van der Waals surface area (Å²) >= 11 is 0. The van der Waals surface area contributed by atoms with Gasteiger partial charge in [0.1, 0.15) is 0 Å². The zero-order chi connectivity index (χ0) is 8.97. The van der Waals surface area contributed by atoms with Crippen molar-refractivity contribution in [3.05, 3.63) is 24.3 Å². The van der Waals surface area contributed by atoms with Crippen LogP contribution in [0.1, 0.15) is 0 Å². The lowest BCUT2D eigenvalue weighted by atomic mass is 10.3. The van der Waals surface area contributed by atoms with Gasteiger partial charge in [0.15, 0.2) is 0 Å². The van der Waals surface area contributed by atoms with Gasteiger partial charge in [0, 0.05) is 11.4 Å². The molecule has 0 atom stereocenters. The van der Waals surface area contributed by atoms with E-state index in [1.165, 1.54) is 7.11 Å². The fourth-order valence-corrected chi connectivity index (χ4v) is 0.735. The number of hydrogen-bond donors (Lipinski definition) is 2. The summed E-state index contributed by atoms with van der Waals surface area (Å²) in [5.41, 5.74) is 6.77. The molecule has 64 valence electrons. The molecule has 0 aliphatic rings. The second kappa shape index (κ2) is 3.61. The molecule has 0 saturated carbocycles. The number of nitrogen functional groups attached to an aromatic ring is 1. The minimum Gasteiger partial charge on any atom is -0.453 e. The van der Waals surface area contributed by atoms with E-state index in [4.69, 9.17) is 5.73 Å². The van der Waals surface area contributed by atoms with Crippen molar-refractivity contribution in [2.75, 3.05) is 18.2 Å². The van der Waals surface area contributed by atoms with Gasteiger partial charge in [0.25, 0.3) is 0 Å². The number of nitrogens with two attached hydrogens (primary N) is 1. The number of benzene rings is 1. The molecule has 12 heavy (non-hydrogen) atoms. The van der Waals surface area contributed by atoms with E-state index >= 15 is 0 Å². The summed E-state index contributed by atoms with van der Waals surface area (Å²) in [5, 5.41) is 2.50. The van der Waals surface area contributed by atoms with Crippen molar-refractivity contribution in [3.63, 3.8) is 0 Å². The van der Waals surface area contributed by atoms with Crippen LogP contribution < -0.4 is 11.1 Å². The Morgan fingerprint density at radius 1 is 1.42 bits per heavy atom. The lowest BCUT2D eigenvalue weighted by Gasteiger charge is -2.02. The maximum absolute atomic E-state index is 10.7. The molecule has 0 heterocycles. The molecule has 1 amide bonds. The lowest BCUT2D eigenvalue weighted by molar-refractivity contribution is 0.187. The van der Waals surface area contributed by atoms with Gasteiger partial charge >= 0.3 is 6.09 Å². The summed E-state index contributed by atoms with van der Waals surface area (Å²) in [6.45, 7) is 0. The molecule has 3 N–H and O–H groups in total. The standard InChI is InChI=1S/C8H10N2O2/c1-12-8(11)10-7-4-2-6(9)3-5-7/h2-5H,9H2,1H3,(H,10,11). The minimum atomic E-state index is -0.486. The molecule has 0 aliphatic heterocycles. The molecule has 0 radical (unpaired) electrons. The number of carbonyl (C=O) groups is 1. The highest BCUT2D eigenvalue weighted by Gasteiger charge is 1.98. The first-order valence-corrected chi connectivity index (χ1v) is 3.43. The Labute approximate surface area is 70.3 Å². The summed E-state index contributed by atoms with van der Waals surface area (Å²) in [6, 6.07) is 6.80. The topological polar surface area (TPSA) is 64.3 Å². The van der Waals surface area contributed by atoms with E-state index in [1.807, 2.05) is 0 Å². The summed E-state index contributed by atoms with van der Waals surface area (Å²) < 4.78 is 4.40. The van der Waals surface area contributed by atoms with Crippen LogP contribution in [0.15, 0.2) is 24.3 Å². The van der Waals surface area contributed by atoms with Crippen molar-refractivity contribution in [1.29, 1.82) is 0 Å². The van der Waals surface area contributed by atoms with Gasteiger partial charge in [-0.2, -0.15) is 0 Å². The summed E-state index contributed by atoms with van der Waals surface area (Å²) in [7, 11) is 1.31. The number of anilines is 2. The fourth-order valence-electron chi connectivity index (χ4n) is 0.735. The maximum atomic E-state index is 10.7. The van der Waals surface area contributed by atoms with Crippen molar-refractivity contribution in [2.24, 2.45) is 0 Å². The van der Waals surface area contributed by atoms with E-state index < -0.39 is 6.09 Å². The fraction of sp³-hybridized carbons (Fsp3) is 0.125. The Morgan fingerprint density at radius 3 is 2.50 bits per heavy atom. The largest absolute Gasteiger partial charge is 0.453 e. The molecule has 0 unspecified atom stereocenters. The highest BCUT2D eigenvalue weighted by molar-refractivity contribution is 5.84. The normalized spacial score (nSPS) is 9.08. The second-order valence-corrected chi connectivity index (χ2v) is 2.24. The Kier molecular flexibility index (Phi) is 2.53. The van der Waals surface area contributed by atoms with E-state index in [-0.39, 0.29) is 0 Å². The first-order valence-electron chi connectivity index (χ1n) is 3.43. The van der Waals surface area contributed by atoms with Crippen LogP contribution in [0, 0.1) is 0 Å². The quantitative estimate of drug-likeness (QED) is 0.620. The summed E-state index contributed by atoms with van der Waals surface area (Å²) in [6.07, 6.45) is -0.486. The predicted octanol–water partition coefficient (Wildman–Crippen LogP) is 1.45. The number of amides is 1. The maximum Gasteiger partial charge on any atom is 0.411 e. The summed E-state index contributed by atoms with van der Waals surface area (Å²) in [4.78, 5) is 10.7. The van der Waals surface area contributed by atoms with Crippen molar-refractivity contribution in [3.8, 4) is 0 Å². The van der Waals surface area contributed by atoms with Gasteiger partial charge in [-0.15, -0.1) is 0 Å². The third-order valence-corrected chi connectivity index (χ3v) is 1.34. The Bertz CT molecular complexity index is 269. The number of carbonyl (C=O) groups excluding carboxylic acids is 1. The van der Waals surface area contributed by atoms with Crippen LogP contribution in [-0.4, -0.2) is 13.2 Å². The van der Waals surface area contributed by atoms with E-state index in [1.54, 1.807) is 24.3 Å². The average molecular weight is 166 g/mol. The van der Waals surface area contributed by atoms with Gasteiger partial charge in [-0.05, 0) is 24.3 Å². The van der Waals surface area contributed by atoms with Gasteiger partial charge in [-0.3, -0.25) is 5.32 Å². The molecule has 0 aliphatic carbocycles. The highest BCUT2D eigenvalue weighted by atomic mass is 16.5. The number of methoxy groups -OCH3 is 1. The number of rotatable bonds is 1. The van der Waals surface area contributed by atoms with Crippen LogP contribution in [0.5, 0.6) is 0 Å². The third-order valence-electron chi connectivity index (χ3n) is 1.34. The van der Waals surface area contributed by atoms with Crippen LogP contribution in [0.4, 0.5) is 16.2 Å². The highest BCUT2D eigenvalue weighted by Crippen LogP contribution is 2.10. The second-order valence-electron chi connectivity index (χ2n) is 2.24. The van der Waals surface area contributed by atoms with Gasteiger partial charge < -0.3 is 10.5 Å². The zero-order valence-electron chi connectivity index (χ0n) is 6.70. The van der Waals surface area contributed by atoms with Crippen LogP contribution >= 0.6 is 0 Å². The molecule has 0 spiro atoms. The van der Waals surface area contributed by atoms with Crippen molar-refractivity contribution >= 4 is 17.5 Å². The van der Waals surface area contributed by atoms with Gasteiger partial charge in [0.2, 0.25) is 0 Å². The molecule has 1 aromatic carbocycles. The zero-order valence-corrected chi connectivity index (χ0v) is 6.70. The van der Waals surface area contributed by atoms with Crippen molar-refractivity contribution < 1.29 is 9.53 Å². The Balaban J connectivity index is 2.64. The van der Waals surface area contributed by atoms with Crippen LogP contribution in [-0.2, 0) is 4.74 Å². The first kappa shape index (κ1) is 8.39. The average Bonchev–Trinajstić information content (AvgIpc) is 2.09. The molecular weight excluding hydrogens is 156 g/mol. The van der Waals surface area contributed by atoms with Crippen LogP contribution in [0.25, 0.3) is 0 Å². The Hall–Kier alpha value is -1.71. The molecule has 0 fully saturated rings. The number of nitrogens with one attached hydrogen (secondary N) is 1. The molecular formula is C8H10N2O2. The SMILES string of the molecule is COC(=O)Nc1ccc(N)cc1. The minimum absolute atomic E-state index is 0.486. The predicted molar refractivity (Wildman–Crippen MR) is 46.9 cm³/mol. The molecule has 4 heteroatoms. The molecule has 1 rings (SSSR count). The van der Waals surface area contributed by atoms with Crippen LogP contribution in [0.3, 0.4) is 0 Å². The summed E-state index contributed by atoms with van der Waals surface area (Å²) in [5.74, 6) is 0. The van der Waals surface area contributed by atoms with Crippen molar-refractivity contribution in [2.45, 2.75) is 0 Å². The third kappa shape index (κ3) is 2.16. The van der Waals surface area contributed by atoms with E-state index in [0.717, 1.165) is 0 Å². The van der Waals surface area contributed by atoms with Gasteiger partial charge in [-0.25, -0.2) is 4.79 Å². The van der Waals surface area contributed by atoms with E-state index in [9.17, 15) is 4.79 Å². The van der Waals surface area contributed by atoms with Gasteiger partial charge in [0.05, 0.1) is 7.11 Å². The smallest absolute Gasteiger partial charge is 0.411 e. The molecule has 1 aromatic rings. The molecule has 0 bridgehead atoms. The molecule has 4 nitrogen and oxygen atoms in total. The van der Waals surface area contributed by atoms with E-state index in [2.05, 4.69) is 10.1 Å². The van der Waals surface area contributed by atoms with Crippen molar-refractivity contribution in [1.82, 2.24) is 0 Å². The lowest BCUT2D eigenvalue weighted by Crippen LogP contribution is -2.10. The first-order chi connectivity index (χ1) is 5.72. The number of hydrogen-bond acceptors (Lipinski definition) is 3. The Morgan fingerprint density at radius 2 is 2.00 bits per heavy atom. The molecule has 0 aromatic heterocycles. The molecule has 0 saturated heterocycles.